The fraction of sp³-hybridized carbons (Fsp3) is 0.720. The van der Waals surface area contributed by atoms with Crippen LogP contribution in [0.2, 0.25) is 0 Å². The van der Waals surface area contributed by atoms with Gasteiger partial charge in [0.05, 0.1) is 29.4 Å². The number of hydrogen-bond donors (Lipinski definition) is 2. The third kappa shape index (κ3) is 17.6. The zero-order valence-corrected chi connectivity index (χ0v) is 22.5. The highest BCUT2D eigenvalue weighted by atomic mass is 33.1. The van der Waals surface area contributed by atoms with Gasteiger partial charge in [-0.3, -0.25) is 0 Å². The van der Waals surface area contributed by atoms with Crippen LogP contribution in [0.4, 0.5) is 0 Å². The fourth-order valence-electron chi connectivity index (χ4n) is 2.67. The van der Waals surface area contributed by atoms with E-state index in [2.05, 4.69) is 38.7 Å². The Kier molecular flexibility index (Phi) is 18.0. The van der Waals surface area contributed by atoms with Crippen molar-refractivity contribution in [2.24, 2.45) is 5.73 Å². The summed E-state index contributed by atoms with van der Waals surface area (Å²) in [6.45, 7) is 16.6. The van der Waals surface area contributed by atoms with Crippen LogP contribution in [-0.4, -0.2) is 43.0 Å². The molecule has 0 radical (unpaired) electrons. The summed E-state index contributed by atoms with van der Waals surface area (Å²) in [4.78, 5) is 10.4. The molecule has 0 saturated carbocycles. The van der Waals surface area contributed by atoms with E-state index in [0.29, 0.717) is 19.6 Å². The van der Waals surface area contributed by atoms with Crippen molar-refractivity contribution in [3.05, 3.63) is 35.5 Å². The van der Waals surface area contributed by atoms with E-state index in [1.165, 1.54) is 0 Å². The van der Waals surface area contributed by atoms with Crippen LogP contribution in [0.3, 0.4) is 0 Å². The van der Waals surface area contributed by atoms with Crippen molar-refractivity contribution in [3.63, 3.8) is 0 Å². The normalized spacial score (nSPS) is 14.5. The first-order valence-electron chi connectivity index (χ1n) is 11.7. The molecule has 0 saturated heterocycles. The number of nitrogens with one attached hydrogen (secondary N) is 1. The molecule has 0 aliphatic carbocycles. The molecule has 5 nitrogen and oxygen atoms in total. The number of rotatable bonds is 21. The van der Waals surface area contributed by atoms with E-state index < -0.39 is 0 Å². The molecule has 1 atom stereocenters. The number of nitrogens with two attached hydrogens (primary N) is 1. The maximum Gasteiger partial charge on any atom is 0.122 e. The third-order valence-electron chi connectivity index (χ3n) is 5.15. The SMILES string of the molecule is C=C(CCSS/C(N)=C/C=C\CCC)NCCC(C)(CC)OCCC(C)(C)OCCC=O. The summed E-state index contributed by atoms with van der Waals surface area (Å²) in [5.74, 6) is 0.963. The molecule has 0 aliphatic rings. The molecule has 0 aromatic rings. The van der Waals surface area contributed by atoms with Gasteiger partial charge in [-0.1, -0.05) is 49.8 Å². The van der Waals surface area contributed by atoms with E-state index in [1.54, 1.807) is 21.6 Å². The highest BCUT2D eigenvalue weighted by Gasteiger charge is 2.25. The van der Waals surface area contributed by atoms with Crippen LogP contribution in [0, 0.1) is 0 Å². The lowest BCUT2D eigenvalue weighted by Crippen LogP contribution is -2.35. The molecule has 32 heavy (non-hydrogen) atoms. The molecule has 3 N–H and O–H groups in total. The van der Waals surface area contributed by atoms with Gasteiger partial charge in [-0.2, -0.15) is 0 Å². The molecular weight excluding hydrogens is 440 g/mol. The lowest BCUT2D eigenvalue weighted by atomic mass is 9.98. The van der Waals surface area contributed by atoms with Gasteiger partial charge in [-0.25, -0.2) is 0 Å². The van der Waals surface area contributed by atoms with Gasteiger partial charge >= 0.3 is 0 Å². The number of hydrogen-bond acceptors (Lipinski definition) is 7. The van der Waals surface area contributed by atoms with Crippen LogP contribution in [0.1, 0.15) is 79.6 Å². The van der Waals surface area contributed by atoms with Crippen molar-refractivity contribution in [1.29, 1.82) is 0 Å². The largest absolute Gasteiger partial charge is 0.393 e. The van der Waals surface area contributed by atoms with E-state index in [-0.39, 0.29) is 11.2 Å². The molecular formula is C25H46N2O3S2. The van der Waals surface area contributed by atoms with Crippen LogP contribution in [-0.2, 0) is 14.3 Å². The Bertz CT molecular complexity index is 580. The van der Waals surface area contributed by atoms with Gasteiger partial charge in [-0.05, 0) is 69.7 Å². The van der Waals surface area contributed by atoms with E-state index in [4.69, 9.17) is 15.2 Å². The predicted molar refractivity (Wildman–Crippen MR) is 143 cm³/mol. The van der Waals surface area contributed by atoms with Crippen molar-refractivity contribution in [3.8, 4) is 0 Å². The molecule has 186 valence electrons. The van der Waals surface area contributed by atoms with Gasteiger partial charge in [0.15, 0.2) is 0 Å². The molecule has 0 amide bonds. The summed E-state index contributed by atoms with van der Waals surface area (Å²) in [6, 6.07) is 0. The van der Waals surface area contributed by atoms with Gasteiger partial charge in [0.25, 0.3) is 0 Å². The number of carbonyl (C=O) groups excluding carboxylic acids is 1. The maximum atomic E-state index is 10.4. The molecule has 0 heterocycles. The van der Waals surface area contributed by atoms with Crippen LogP contribution in [0.25, 0.3) is 0 Å². The van der Waals surface area contributed by atoms with Crippen molar-refractivity contribution in [2.45, 2.75) is 90.8 Å². The first-order chi connectivity index (χ1) is 15.2. The number of carbonyl (C=O) groups is 1. The Morgan fingerprint density at radius 1 is 1.12 bits per heavy atom. The van der Waals surface area contributed by atoms with E-state index in [0.717, 1.165) is 67.8 Å². The Morgan fingerprint density at radius 3 is 2.53 bits per heavy atom. The zero-order valence-electron chi connectivity index (χ0n) is 20.9. The van der Waals surface area contributed by atoms with Gasteiger partial charge in [0.1, 0.15) is 6.29 Å². The van der Waals surface area contributed by atoms with Crippen molar-refractivity contribution < 1.29 is 14.3 Å². The second-order valence-electron chi connectivity index (χ2n) is 8.69. The summed E-state index contributed by atoms with van der Waals surface area (Å²) in [5, 5.41) is 4.27. The van der Waals surface area contributed by atoms with Gasteiger partial charge in [0, 0.05) is 24.4 Å². The topological polar surface area (TPSA) is 73.6 Å². The molecule has 0 fully saturated rings. The van der Waals surface area contributed by atoms with Gasteiger partial charge in [0.2, 0.25) is 0 Å². The maximum absolute atomic E-state index is 10.4. The van der Waals surface area contributed by atoms with Crippen molar-refractivity contribution >= 4 is 27.9 Å². The number of ether oxygens (including phenoxy) is 2. The summed E-state index contributed by atoms with van der Waals surface area (Å²) in [5.41, 5.74) is 6.57. The standard InChI is InChI=1S/C25H46N2O3S2/c1-7-9-10-11-13-23(26)32-31-21-14-22(3)27-17-15-25(6,8-2)30-20-16-24(4,5)29-19-12-18-28/h10-11,13,18,27H,3,7-9,12,14-17,19-21,26H2,1-2,4-6H3/b11-10-,23-13+. The third-order valence-corrected chi connectivity index (χ3v) is 7.40. The quantitative estimate of drug-likeness (QED) is 0.0845. The average Bonchev–Trinajstić information content (AvgIpc) is 2.74. The minimum atomic E-state index is -0.287. The lowest BCUT2D eigenvalue weighted by molar-refractivity contribution is -0.111. The van der Waals surface area contributed by atoms with Crippen molar-refractivity contribution in [1.82, 2.24) is 5.32 Å². The Balaban J connectivity index is 4.07. The predicted octanol–water partition coefficient (Wildman–Crippen LogP) is 6.37. The fourth-order valence-corrected chi connectivity index (χ4v) is 4.43. The highest BCUT2D eigenvalue weighted by Crippen LogP contribution is 2.28. The summed E-state index contributed by atoms with van der Waals surface area (Å²) in [6.07, 6.45) is 13.3. The highest BCUT2D eigenvalue weighted by molar-refractivity contribution is 8.78. The van der Waals surface area contributed by atoms with Gasteiger partial charge < -0.3 is 25.3 Å². The smallest absolute Gasteiger partial charge is 0.122 e. The Labute approximate surface area is 204 Å². The molecule has 0 aromatic carbocycles. The number of allylic oxidation sites excluding steroid dienone is 4. The second kappa shape index (κ2) is 18.5. The summed E-state index contributed by atoms with van der Waals surface area (Å²) < 4.78 is 12.0. The van der Waals surface area contributed by atoms with E-state index >= 15 is 0 Å². The second-order valence-corrected chi connectivity index (χ2v) is 11.2. The average molecular weight is 487 g/mol. The summed E-state index contributed by atoms with van der Waals surface area (Å²) in [7, 11) is 3.36. The summed E-state index contributed by atoms with van der Waals surface area (Å²) >= 11 is 0. The minimum Gasteiger partial charge on any atom is -0.393 e. The Hall–Kier alpha value is -0.890. The lowest BCUT2D eigenvalue weighted by Gasteiger charge is -2.32. The van der Waals surface area contributed by atoms with Gasteiger partial charge in [-0.15, -0.1) is 0 Å². The van der Waals surface area contributed by atoms with E-state index in [1.807, 2.05) is 26.0 Å². The first kappa shape index (κ1) is 31.1. The van der Waals surface area contributed by atoms with Crippen LogP contribution in [0.5, 0.6) is 0 Å². The monoisotopic (exact) mass is 486 g/mol. The van der Waals surface area contributed by atoms with Crippen molar-refractivity contribution in [2.75, 3.05) is 25.5 Å². The molecule has 0 spiro atoms. The molecule has 7 heteroatoms. The zero-order chi connectivity index (χ0) is 24.3. The Morgan fingerprint density at radius 2 is 1.88 bits per heavy atom. The molecule has 0 aromatic heterocycles. The molecule has 0 rings (SSSR count). The molecule has 1 unspecified atom stereocenters. The molecule has 0 aliphatic heterocycles. The van der Waals surface area contributed by atoms with Crippen LogP contribution >= 0.6 is 21.6 Å². The molecule has 0 bridgehead atoms. The number of aldehydes is 1. The number of unbranched alkanes of at least 4 members (excludes halogenated alkanes) is 1. The van der Waals surface area contributed by atoms with E-state index in [9.17, 15) is 4.79 Å². The van der Waals surface area contributed by atoms with Crippen LogP contribution < -0.4 is 11.1 Å². The minimum absolute atomic E-state index is 0.179. The first-order valence-corrected chi connectivity index (χ1v) is 14.0. The van der Waals surface area contributed by atoms with Crippen LogP contribution in [0.15, 0.2) is 35.5 Å².